The Balaban J connectivity index is 2.57. The maximum absolute atomic E-state index is 12.6. The molecule has 1 aromatic rings. The summed E-state index contributed by atoms with van der Waals surface area (Å²) in [4.78, 5) is 9.98. The maximum Gasteiger partial charge on any atom is 0.159 e. The molecule has 1 rings (SSSR count). The molecule has 1 aromatic carbocycles. The van der Waals surface area contributed by atoms with E-state index >= 15 is 0 Å². The van der Waals surface area contributed by atoms with Gasteiger partial charge in [-0.05, 0) is 30.5 Å². The fraction of sp³-hybridized carbons (Fsp3) is 0.300. The van der Waals surface area contributed by atoms with Crippen molar-refractivity contribution < 1.29 is 13.6 Å². The maximum atomic E-state index is 12.6. The molecule has 0 aliphatic rings. The number of aryl methyl sites for hydroxylation is 1. The summed E-state index contributed by atoms with van der Waals surface area (Å²) in [5.41, 5.74) is 0.723. The lowest BCUT2D eigenvalue weighted by atomic mass is 10.1. The molecule has 70 valence electrons. The molecule has 0 aliphatic heterocycles. The van der Waals surface area contributed by atoms with Gasteiger partial charge in [-0.2, -0.15) is 0 Å². The highest BCUT2D eigenvalue weighted by atomic mass is 19.2. The number of rotatable bonds is 4. The summed E-state index contributed by atoms with van der Waals surface area (Å²) in [6.07, 6.45) is 2.56. The lowest BCUT2D eigenvalue weighted by Crippen LogP contribution is -1.90. The molecule has 0 N–H and O–H groups in total. The summed E-state index contributed by atoms with van der Waals surface area (Å²) in [6.45, 7) is 0. The number of hydrogen-bond donors (Lipinski definition) is 0. The number of unbranched alkanes of at least 4 members (excludes halogenated alkanes) is 1. The quantitative estimate of drug-likeness (QED) is 0.519. The highest BCUT2D eigenvalue weighted by Crippen LogP contribution is 2.10. The van der Waals surface area contributed by atoms with Crippen LogP contribution in [-0.4, -0.2) is 6.29 Å². The van der Waals surface area contributed by atoms with Crippen molar-refractivity contribution in [2.75, 3.05) is 0 Å². The molecule has 0 spiro atoms. The lowest BCUT2D eigenvalue weighted by molar-refractivity contribution is -0.107. The van der Waals surface area contributed by atoms with Crippen LogP contribution in [0.25, 0.3) is 0 Å². The second-order valence-electron chi connectivity index (χ2n) is 2.81. The van der Waals surface area contributed by atoms with Crippen molar-refractivity contribution in [1.29, 1.82) is 0 Å². The molecule has 0 fully saturated rings. The van der Waals surface area contributed by atoms with E-state index in [0.717, 1.165) is 17.9 Å². The van der Waals surface area contributed by atoms with Gasteiger partial charge < -0.3 is 4.79 Å². The average Bonchev–Trinajstić information content (AvgIpc) is 2.12. The van der Waals surface area contributed by atoms with Gasteiger partial charge in [0.2, 0.25) is 0 Å². The molecular weight excluding hydrogens is 174 g/mol. The second-order valence-corrected chi connectivity index (χ2v) is 2.81. The van der Waals surface area contributed by atoms with E-state index in [1.807, 2.05) is 0 Å². The van der Waals surface area contributed by atoms with Gasteiger partial charge >= 0.3 is 0 Å². The number of halogens is 2. The van der Waals surface area contributed by atoms with E-state index in [1.54, 1.807) is 0 Å². The van der Waals surface area contributed by atoms with Crippen molar-refractivity contribution in [2.45, 2.75) is 19.3 Å². The van der Waals surface area contributed by atoms with Crippen molar-refractivity contribution in [3.05, 3.63) is 35.4 Å². The lowest BCUT2D eigenvalue weighted by Gasteiger charge is -1.99. The molecule has 0 radical (unpaired) electrons. The molecule has 0 aromatic heterocycles. The van der Waals surface area contributed by atoms with Gasteiger partial charge in [0, 0.05) is 6.42 Å². The molecule has 0 unspecified atom stereocenters. The van der Waals surface area contributed by atoms with Gasteiger partial charge in [0.05, 0.1) is 0 Å². The van der Waals surface area contributed by atoms with Gasteiger partial charge in [-0.3, -0.25) is 0 Å². The normalized spacial score (nSPS) is 10.0. The third-order valence-electron chi connectivity index (χ3n) is 1.77. The Kier molecular flexibility index (Phi) is 3.55. The Morgan fingerprint density at radius 1 is 1.23 bits per heavy atom. The minimum Gasteiger partial charge on any atom is -0.303 e. The first kappa shape index (κ1) is 9.84. The number of hydrogen-bond acceptors (Lipinski definition) is 1. The summed E-state index contributed by atoms with van der Waals surface area (Å²) < 4.78 is 25.1. The Morgan fingerprint density at radius 2 is 2.00 bits per heavy atom. The zero-order chi connectivity index (χ0) is 9.68. The topological polar surface area (TPSA) is 17.1 Å². The summed E-state index contributed by atoms with van der Waals surface area (Å²) in [7, 11) is 0. The SMILES string of the molecule is O=CCCCc1ccc(F)c(F)c1. The Hall–Kier alpha value is -1.25. The van der Waals surface area contributed by atoms with Crippen LogP contribution in [0.2, 0.25) is 0 Å². The van der Waals surface area contributed by atoms with Gasteiger partial charge in [-0.15, -0.1) is 0 Å². The molecule has 0 aliphatic carbocycles. The smallest absolute Gasteiger partial charge is 0.159 e. The fourth-order valence-corrected chi connectivity index (χ4v) is 1.08. The van der Waals surface area contributed by atoms with E-state index in [0.29, 0.717) is 19.3 Å². The first-order valence-electron chi connectivity index (χ1n) is 4.11. The molecule has 0 saturated heterocycles. The highest BCUT2D eigenvalue weighted by molar-refractivity contribution is 5.49. The van der Waals surface area contributed by atoms with Gasteiger partial charge in [0.1, 0.15) is 6.29 Å². The zero-order valence-electron chi connectivity index (χ0n) is 7.09. The molecule has 0 saturated carbocycles. The van der Waals surface area contributed by atoms with E-state index in [4.69, 9.17) is 0 Å². The molecule has 13 heavy (non-hydrogen) atoms. The first-order chi connectivity index (χ1) is 6.24. The highest BCUT2D eigenvalue weighted by Gasteiger charge is 2.01. The van der Waals surface area contributed by atoms with E-state index in [2.05, 4.69) is 0 Å². The number of aldehydes is 1. The van der Waals surface area contributed by atoms with Crippen LogP contribution < -0.4 is 0 Å². The van der Waals surface area contributed by atoms with Crippen molar-refractivity contribution in [2.24, 2.45) is 0 Å². The predicted molar refractivity (Wildman–Crippen MR) is 45.4 cm³/mol. The minimum atomic E-state index is -0.834. The summed E-state index contributed by atoms with van der Waals surface area (Å²) >= 11 is 0. The molecule has 3 heteroatoms. The monoisotopic (exact) mass is 184 g/mol. The Bertz CT molecular complexity index is 297. The largest absolute Gasteiger partial charge is 0.303 e. The van der Waals surface area contributed by atoms with Crippen LogP contribution in [0.4, 0.5) is 8.78 Å². The summed E-state index contributed by atoms with van der Waals surface area (Å²) in [6, 6.07) is 3.80. The molecular formula is C10H10F2O. The molecule has 0 bridgehead atoms. The fourth-order valence-electron chi connectivity index (χ4n) is 1.08. The van der Waals surface area contributed by atoms with Crippen LogP contribution >= 0.6 is 0 Å². The first-order valence-corrected chi connectivity index (χ1v) is 4.11. The molecule has 0 atom stereocenters. The number of benzene rings is 1. The van der Waals surface area contributed by atoms with Gasteiger partial charge in [-0.25, -0.2) is 8.78 Å². The third kappa shape index (κ3) is 2.93. The van der Waals surface area contributed by atoms with Crippen LogP contribution in [-0.2, 0) is 11.2 Å². The summed E-state index contributed by atoms with van der Waals surface area (Å²) in [5, 5.41) is 0. The van der Waals surface area contributed by atoms with Crippen LogP contribution in [0.5, 0.6) is 0 Å². The van der Waals surface area contributed by atoms with Crippen molar-refractivity contribution >= 4 is 6.29 Å². The van der Waals surface area contributed by atoms with Crippen LogP contribution in [0.1, 0.15) is 18.4 Å². The van der Waals surface area contributed by atoms with Crippen molar-refractivity contribution in [3.8, 4) is 0 Å². The van der Waals surface area contributed by atoms with Crippen LogP contribution in [0.3, 0.4) is 0 Å². The van der Waals surface area contributed by atoms with E-state index in [1.165, 1.54) is 12.1 Å². The standard InChI is InChI=1S/C10H10F2O/c11-9-5-4-8(7-10(9)12)3-1-2-6-13/h4-7H,1-3H2. The van der Waals surface area contributed by atoms with Crippen molar-refractivity contribution in [3.63, 3.8) is 0 Å². The van der Waals surface area contributed by atoms with Crippen LogP contribution in [0, 0.1) is 11.6 Å². The van der Waals surface area contributed by atoms with Gasteiger partial charge in [-0.1, -0.05) is 6.07 Å². The Morgan fingerprint density at radius 3 is 2.62 bits per heavy atom. The van der Waals surface area contributed by atoms with E-state index in [-0.39, 0.29) is 0 Å². The van der Waals surface area contributed by atoms with Gasteiger partial charge in [0.15, 0.2) is 11.6 Å². The van der Waals surface area contributed by atoms with Crippen molar-refractivity contribution in [1.82, 2.24) is 0 Å². The second kappa shape index (κ2) is 4.70. The molecule has 0 amide bonds. The molecule has 1 nitrogen and oxygen atoms in total. The number of carbonyl (C=O) groups excluding carboxylic acids is 1. The van der Waals surface area contributed by atoms with Crippen LogP contribution in [0.15, 0.2) is 18.2 Å². The Labute approximate surface area is 75.4 Å². The zero-order valence-corrected chi connectivity index (χ0v) is 7.09. The van der Waals surface area contributed by atoms with E-state index < -0.39 is 11.6 Å². The summed E-state index contributed by atoms with van der Waals surface area (Å²) in [5.74, 6) is -1.66. The minimum absolute atomic E-state index is 0.457. The predicted octanol–water partition coefficient (Wildman–Crippen LogP) is 2.49. The number of carbonyl (C=O) groups is 1. The third-order valence-corrected chi connectivity index (χ3v) is 1.77. The average molecular weight is 184 g/mol. The molecule has 0 heterocycles. The van der Waals surface area contributed by atoms with E-state index in [9.17, 15) is 13.6 Å². The van der Waals surface area contributed by atoms with Gasteiger partial charge in [0.25, 0.3) is 0 Å².